The zero-order valence-electron chi connectivity index (χ0n) is 11.9. The molecular weight excluding hydrogens is 262 g/mol. The van der Waals surface area contributed by atoms with Crippen LogP contribution in [0.4, 0.5) is 0 Å². The molecule has 1 saturated heterocycles. The number of hydrogen-bond donors (Lipinski definition) is 2. The third-order valence-electron chi connectivity index (χ3n) is 3.89. The second-order valence-corrected chi connectivity index (χ2v) is 5.66. The van der Waals surface area contributed by atoms with Crippen molar-refractivity contribution in [3.8, 4) is 6.07 Å². The number of nitrogens with one attached hydrogen (secondary N) is 2. The van der Waals surface area contributed by atoms with Crippen LogP contribution >= 0.6 is 0 Å². The van der Waals surface area contributed by atoms with Crippen molar-refractivity contribution in [2.24, 2.45) is 5.41 Å². The SMILES string of the molecule is CC1(C)C(=O)NN/C1=C\c1cccc2cc(C#N)ccc12. The summed E-state index contributed by atoms with van der Waals surface area (Å²) in [7, 11) is 0. The van der Waals surface area contributed by atoms with E-state index in [1.54, 1.807) is 6.07 Å². The normalized spacial score (nSPS) is 18.3. The number of hydrogen-bond acceptors (Lipinski definition) is 3. The number of benzene rings is 2. The fourth-order valence-corrected chi connectivity index (χ4v) is 2.44. The lowest BCUT2D eigenvalue weighted by Crippen LogP contribution is -2.28. The van der Waals surface area contributed by atoms with Gasteiger partial charge in [-0.2, -0.15) is 5.26 Å². The van der Waals surface area contributed by atoms with Gasteiger partial charge in [0.05, 0.1) is 17.0 Å². The van der Waals surface area contributed by atoms with Crippen molar-refractivity contribution < 1.29 is 4.79 Å². The molecule has 4 heteroatoms. The largest absolute Gasteiger partial charge is 0.302 e. The Hall–Kier alpha value is -2.80. The van der Waals surface area contributed by atoms with E-state index >= 15 is 0 Å². The van der Waals surface area contributed by atoms with Crippen LogP contribution in [-0.2, 0) is 4.79 Å². The molecule has 2 aromatic carbocycles. The Morgan fingerprint density at radius 1 is 1.19 bits per heavy atom. The molecule has 0 aliphatic carbocycles. The van der Waals surface area contributed by atoms with Gasteiger partial charge in [0.25, 0.3) is 0 Å². The number of carbonyl (C=O) groups excluding carboxylic acids is 1. The van der Waals surface area contributed by atoms with Gasteiger partial charge in [-0.1, -0.05) is 24.3 Å². The van der Waals surface area contributed by atoms with Crippen molar-refractivity contribution in [1.29, 1.82) is 5.26 Å². The van der Waals surface area contributed by atoms with Crippen LogP contribution in [0.2, 0.25) is 0 Å². The molecule has 0 radical (unpaired) electrons. The Morgan fingerprint density at radius 3 is 2.67 bits per heavy atom. The van der Waals surface area contributed by atoms with E-state index in [4.69, 9.17) is 5.26 Å². The fraction of sp³-hybridized carbons (Fsp3) is 0.176. The zero-order chi connectivity index (χ0) is 15.0. The number of nitrogens with zero attached hydrogens (tertiary/aromatic N) is 1. The molecule has 1 aliphatic rings. The minimum Gasteiger partial charge on any atom is -0.302 e. The highest BCUT2D eigenvalue weighted by Gasteiger charge is 2.37. The van der Waals surface area contributed by atoms with Crippen LogP contribution in [0.25, 0.3) is 16.8 Å². The Kier molecular flexibility index (Phi) is 2.91. The van der Waals surface area contributed by atoms with Crippen LogP contribution in [0.5, 0.6) is 0 Å². The second kappa shape index (κ2) is 4.64. The maximum Gasteiger partial charge on any atom is 0.249 e. The first-order valence-electron chi connectivity index (χ1n) is 6.74. The highest BCUT2D eigenvalue weighted by molar-refractivity contribution is 5.94. The number of hydrazine groups is 1. The summed E-state index contributed by atoms with van der Waals surface area (Å²) in [5.41, 5.74) is 7.51. The maximum absolute atomic E-state index is 11.8. The first kappa shape index (κ1) is 13.2. The fourth-order valence-electron chi connectivity index (χ4n) is 2.44. The van der Waals surface area contributed by atoms with Gasteiger partial charge in [-0.05, 0) is 48.4 Å². The Bertz CT molecular complexity index is 812. The summed E-state index contributed by atoms with van der Waals surface area (Å²) in [6.45, 7) is 3.76. The minimum absolute atomic E-state index is 0.0410. The predicted octanol–water partition coefficient (Wildman–Crippen LogP) is 2.71. The molecule has 1 aliphatic heterocycles. The third kappa shape index (κ3) is 2.13. The third-order valence-corrected chi connectivity index (χ3v) is 3.89. The summed E-state index contributed by atoms with van der Waals surface area (Å²) in [6.07, 6.45) is 1.98. The van der Waals surface area contributed by atoms with Gasteiger partial charge in [-0.3, -0.25) is 10.2 Å². The van der Waals surface area contributed by atoms with Gasteiger partial charge >= 0.3 is 0 Å². The molecule has 21 heavy (non-hydrogen) atoms. The Morgan fingerprint density at radius 2 is 2.00 bits per heavy atom. The molecular formula is C17H15N3O. The molecule has 0 bridgehead atoms. The first-order valence-corrected chi connectivity index (χ1v) is 6.74. The molecule has 104 valence electrons. The average Bonchev–Trinajstić information content (AvgIpc) is 2.73. The summed E-state index contributed by atoms with van der Waals surface area (Å²) in [4.78, 5) is 11.8. The zero-order valence-corrected chi connectivity index (χ0v) is 11.9. The molecule has 0 unspecified atom stereocenters. The van der Waals surface area contributed by atoms with Crippen molar-refractivity contribution in [3.63, 3.8) is 0 Å². The lowest BCUT2D eigenvalue weighted by Gasteiger charge is -2.14. The van der Waals surface area contributed by atoms with Crippen molar-refractivity contribution in [1.82, 2.24) is 10.9 Å². The van der Waals surface area contributed by atoms with Crippen molar-refractivity contribution in [2.45, 2.75) is 13.8 Å². The summed E-state index contributed by atoms with van der Waals surface area (Å²) in [5, 5.41) is 11.0. The molecule has 1 amide bonds. The van der Waals surface area contributed by atoms with E-state index in [9.17, 15) is 4.79 Å². The topological polar surface area (TPSA) is 64.9 Å². The molecule has 0 spiro atoms. The van der Waals surface area contributed by atoms with Crippen molar-refractivity contribution in [3.05, 3.63) is 53.2 Å². The van der Waals surface area contributed by atoms with Crippen LogP contribution in [0.1, 0.15) is 25.0 Å². The van der Waals surface area contributed by atoms with Gasteiger partial charge in [0, 0.05) is 5.70 Å². The van der Waals surface area contributed by atoms with Crippen LogP contribution in [0.3, 0.4) is 0 Å². The van der Waals surface area contributed by atoms with Gasteiger partial charge in [0.1, 0.15) is 0 Å². The molecule has 1 heterocycles. The molecule has 2 N–H and O–H groups in total. The number of carbonyl (C=O) groups is 1. The second-order valence-electron chi connectivity index (χ2n) is 5.66. The van der Waals surface area contributed by atoms with Crippen LogP contribution in [-0.4, -0.2) is 5.91 Å². The van der Waals surface area contributed by atoms with Crippen LogP contribution in [0.15, 0.2) is 42.1 Å². The maximum atomic E-state index is 11.8. The first-order chi connectivity index (χ1) is 10.0. The summed E-state index contributed by atoms with van der Waals surface area (Å²) < 4.78 is 0. The van der Waals surface area contributed by atoms with E-state index < -0.39 is 5.41 Å². The summed E-state index contributed by atoms with van der Waals surface area (Å²) >= 11 is 0. The molecule has 0 saturated carbocycles. The number of nitriles is 1. The lowest BCUT2D eigenvalue weighted by atomic mass is 9.88. The quantitative estimate of drug-likeness (QED) is 0.842. The van der Waals surface area contributed by atoms with Gasteiger partial charge in [-0.25, -0.2) is 0 Å². The average molecular weight is 277 g/mol. The van der Waals surface area contributed by atoms with E-state index in [-0.39, 0.29) is 5.91 Å². The van der Waals surface area contributed by atoms with Crippen molar-refractivity contribution >= 4 is 22.8 Å². The van der Waals surface area contributed by atoms with E-state index in [0.29, 0.717) is 5.56 Å². The monoisotopic (exact) mass is 277 g/mol. The van der Waals surface area contributed by atoms with E-state index in [1.165, 1.54) is 0 Å². The Balaban J connectivity index is 2.14. The minimum atomic E-state index is -0.575. The number of fused-ring (bicyclic) bond motifs is 1. The molecule has 1 fully saturated rings. The molecule has 0 atom stereocenters. The van der Waals surface area contributed by atoms with Gasteiger partial charge < -0.3 is 5.43 Å². The molecule has 4 nitrogen and oxygen atoms in total. The Labute approximate surface area is 123 Å². The standard InChI is InChI=1S/C17H15N3O/c1-17(2)15(19-20-16(17)21)9-13-5-3-4-12-8-11(10-18)6-7-14(12)13/h3-9,19H,1-2H3,(H,20,21)/b15-9-. The van der Waals surface area contributed by atoms with E-state index in [1.807, 2.05) is 50.3 Å². The smallest absolute Gasteiger partial charge is 0.249 e. The van der Waals surface area contributed by atoms with Gasteiger partial charge in [0.2, 0.25) is 5.91 Å². The highest BCUT2D eigenvalue weighted by Crippen LogP contribution is 2.31. The predicted molar refractivity (Wildman–Crippen MR) is 81.7 cm³/mol. The highest BCUT2D eigenvalue weighted by atomic mass is 16.2. The van der Waals surface area contributed by atoms with E-state index in [2.05, 4.69) is 16.9 Å². The molecule has 2 aromatic rings. The van der Waals surface area contributed by atoms with Crippen LogP contribution in [0, 0.1) is 16.7 Å². The number of rotatable bonds is 1. The summed E-state index contributed by atoms with van der Waals surface area (Å²) in [5.74, 6) is -0.0410. The number of amides is 1. The van der Waals surface area contributed by atoms with Crippen LogP contribution < -0.4 is 10.9 Å². The van der Waals surface area contributed by atoms with Gasteiger partial charge in [-0.15, -0.1) is 0 Å². The summed E-state index contributed by atoms with van der Waals surface area (Å²) in [6, 6.07) is 13.7. The molecule has 0 aromatic heterocycles. The lowest BCUT2D eigenvalue weighted by molar-refractivity contribution is -0.125. The van der Waals surface area contributed by atoms with E-state index in [0.717, 1.165) is 22.0 Å². The van der Waals surface area contributed by atoms with Gasteiger partial charge in [0.15, 0.2) is 0 Å². The van der Waals surface area contributed by atoms with Crippen molar-refractivity contribution in [2.75, 3.05) is 0 Å². The molecule has 3 rings (SSSR count).